The van der Waals surface area contributed by atoms with E-state index in [-0.39, 0.29) is 5.56 Å². The monoisotopic (exact) mass is 537 g/mol. The lowest BCUT2D eigenvalue weighted by Crippen LogP contribution is -2.20. The molecule has 2 aromatic carbocycles. The Bertz CT molecular complexity index is 1830. The molecule has 5 aromatic rings. The lowest BCUT2D eigenvalue weighted by atomic mass is 9.96. The van der Waals surface area contributed by atoms with Gasteiger partial charge < -0.3 is 10.1 Å². The van der Waals surface area contributed by atoms with Gasteiger partial charge in [-0.2, -0.15) is 5.10 Å². The molecule has 3 aromatic heterocycles. The first-order valence-electron chi connectivity index (χ1n) is 12.9. The first-order valence-corrected chi connectivity index (χ1v) is 13.3. The normalized spacial score (nSPS) is 12.5. The van der Waals surface area contributed by atoms with Gasteiger partial charge in [-0.25, -0.2) is 14.6 Å². The lowest BCUT2D eigenvalue weighted by molar-refractivity contribution is 0.394. The van der Waals surface area contributed by atoms with Crippen LogP contribution in [0.3, 0.4) is 0 Å². The van der Waals surface area contributed by atoms with Crippen LogP contribution in [0.25, 0.3) is 33.2 Å². The Morgan fingerprint density at radius 2 is 1.77 bits per heavy atom. The predicted octanol–water partition coefficient (Wildman–Crippen LogP) is 6.57. The number of halogens is 1. The fourth-order valence-corrected chi connectivity index (χ4v) is 5.78. The van der Waals surface area contributed by atoms with Crippen LogP contribution >= 0.6 is 11.6 Å². The number of anilines is 2. The van der Waals surface area contributed by atoms with Crippen molar-refractivity contribution < 1.29 is 4.74 Å². The second kappa shape index (κ2) is 9.82. The molecule has 8 heteroatoms. The highest BCUT2D eigenvalue weighted by atomic mass is 35.5. The van der Waals surface area contributed by atoms with Gasteiger partial charge in [0.1, 0.15) is 5.82 Å². The minimum Gasteiger partial charge on any atom is -0.481 e. The van der Waals surface area contributed by atoms with Crippen LogP contribution in [0.4, 0.5) is 11.5 Å². The van der Waals surface area contributed by atoms with E-state index >= 15 is 0 Å². The molecule has 0 bridgehead atoms. The van der Waals surface area contributed by atoms with Crippen LogP contribution < -0.4 is 15.6 Å². The Labute approximate surface area is 231 Å². The first kappa shape index (κ1) is 25.1. The molecular weight excluding hydrogens is 510 g/mol. The van der Waals surface area contributed by atoms with E-state index in [4.69, 9.17) is 21.3 Å². The third kappa shape index (κ3) is 4.33. The van der Waals surface area contributed by atoms with E-state index in [9.17, 15) is 4.79 Å². The van der Waals surface area contributed by atoms with Crippen LogP contribution in [0, 0.1) is 13.8 Å². The molecule has 0 amide bonds. The zero-order valence-corrected chi connectivity index (χ0v) is 23.1. The van der Waals surface area contributed by atoms with Crippen LogP contribution in [0.15, 0.2) is 59.5 Å². The summed E-state index contributed by atoms with van der Waals surface area (Å²) in [6, 6.07) is 16.0. The van der Waals surface area contributed by atoms with Gasteiger partial charge in [0, 0.05) is 40.5 Å². The second-order valence-electron chi connectivity index (χ2n) is 9.93. The third-order valence-electron chi connectivity index (χ3n) is 7.45. The minimum atomic E-state index is -0.204. The van der Waals surface area contributed by atoms with Crippen LogP contribution in [0.1, 0.15) is 28.8 Å². The molecule has 1 N–H and O–H groups in total. The van der Waals surface area contributed by atoms with E-state index in [2.05, 4.69) is 21.5 Å². The summed E-state index contributed by atoms with van der Waals surface area (Å²) >= 11 is 7.08. The fraction of sp³-hybridized carbons (Fsp3) is 0.226. The SMILES string of the molecule is COc1nc(-c2cccc(-c3cccc(Nc4nc(C)cc5cnn(C)c(=O)c45)c3C)c2Cl)cc2c1CCC2. The molecule has 1 aliphatic carbocycles. The Balaban J connectivity index is 1.44. The smallest absolute Gasteiger partial charge is 0.278 e. The van der Waals surface area contributed by atoms with E-state index in [1.54, 1.807) is 20.4 Å². The van der Waals surface area contributed by atoms with Gasteiger partial charge in [-0.05, 0) is 68.0 Å². The molecule has 0 saturated carbocycles. The van der Waals surface area contributed by atoms with Crippen molar-refractivity contribution in [2.75, 3.05) is 12.4 Å². The number of pyridine rings is 2. The molecule has 6 rings (SSSR count). The van der Waals surface area contributed by atoms with E-state index in [0.717, 1.165) is 64.0 Å². The maximum Gasteiger partial charge on any atom is 0.278 e. The molecule has 39 heavy (non-hydrogen) atoms. The molecule has 1 aliphatic rings. The highest BCUT2D eigenvalue weighted by molar-refractivity contribution is 6.36. The second-order valence-corrected chi connectivity index (χ2v) is 10.3. The fourth-order valence-electron chi connectivity index (χ4n) is 5.46. The Morgan fingerprint density at radius 3 is 2.59 bits per heavy atom. The van der Waals surface area contributed by atoms with Crippen molar-refractivity contribution in [3.63, 3.8) is 0 Å². The van der Waals surface area contributed by atoms with E-state index < -0.39 is 0 Å². The quantitative estimate of drug-likeness (QED) is 0.273. The molecule has 0 spiro atoms. The molecule has 0 unspecified atom stereocenters. The molecule has 196 valence electrons. The van der Waals surface area contributed by atoms with Crippen LogP contribution in [0.5, 0.6) is 5.88 Å². The molecule has 3 heterocycles. The Hall–Kier alpha value is -4.23. The van der Waals surface area contributed by atoms with Crippen LogP contribution in [-0.4, -0.2) is 26.9 Å². The molecule has 0 fully saturated rings. The molecular formula is C31H28ClN5O2. The van der Waals surface area contributed by atoms with E-state index in [1.807, 2.05) is 56.3 Å². The number of nitrogens with one attached hydrogen (secondary N) is 1. The number of benzene rings is 2. The topological polar surface area (TPSA) is 81.9 Å². The summed E-state index contributed by atoms with van der Waals surface area (Å²) in [5, 5.41) is 9.45. The van der Waals surface area contributed by atoms with Gasteiger partial charge in [0.15, 0.2) is 0 Å². The number of rotatable bonds is 5. The van der Waals surface area contributed by atoms with Gasteiger partial charge in [0.25, 0.3) is 5.56 Å². The maximum absolute atomic E-state index is 12.9. The number of methoxy groups -OCH3 is 1. The van der Waals surface area contributed by atoms with Gasteiger partial charge in [-0.1, -0.05) is 41.9 Å². The molecule has 0 atom stereocenters. The summed E-state index contributed by atoms with van der Waals surface area (Å²) in [5.74, 6) is 1.19. The molecule has 0 saturated heterocycles. The predicted molar refractivity (Wildman–Crippen MR) is 156 cm³/mol. The zero-order valence-electron chi connectivity index (χ0n) is 22.3. The summed E-state index contributed by atoms with van der Waals surface area (Å²) in [7, 11) is 3.31. The number of ether oxygens (including phenoxy) is 1. The molecule has 7 nitrogen and oxygen atoms in total. The number of aryl methyl sites for hydroxylation is 3. The minimum absolute atomic E-state index is 0.204. The van der Waals surface area contributed by atoms with Crippen LogP contribution in [-0.2, 0) is 19.9 Å². The van der Waals surface area contributed by atoms with Crippen LogP contribution in [0.2, 0.25) is 5.02 Å². The Morgan fingerprint density at radius 1 is 1.00 bits per heavy atom. The van der Waals surface area contributed by atoms with Crippen molar-refractivity contribution in [3.05, 3.63) is 92.5 Å². The molecule has 0 aliphatic heterocycles. The van der Waals surface area contributed by atoms with Gasteiger partial charge in [-0.15, -0.1) is 0 Å². The number of nitrogens with zero attached hydrogens (tertiary/aromatic N) is 4. The summed E-state index contributed by atoms with van der Waals surface area (Å²) in [6.07, 6.45) is 4.81. The summed E-state index contributed by atoms with van der Waals surface area (Å²) < 4.78 is 6.94. The summed E-state index contributed by atoms with van der Waals surface area (Å²) in [5.41, 5.74) is 8.44. The highest BCUT2D eigenvalue weighted by Gasteiger charge is 2.21. The standard InChI is InChI=1S/C31H28ClN5O2/c1-17-14-20-16-33-37(3)31(38)27(20)29(34-17)35-25-13-7-9-21(18(25)2)23-11-6-12-24(28(23)32)26-15-19-8-5-10-22(19)30(36-26)39-4/h6-7,9,11-16H,5,8,10H2,1-4H3,(H,34,35). The van der Waals surface area contributed by atoms with Crippen molar-refractivity contribution in [3.8, 4) is 28.3 Å². The van der Waals surface area contributed by atoms with Gasteiger partial charge >= 0.3 is 0 Å². The zero-order chi connectivity index (χ0) is 27.3. The average molecular weight is 538 g/mol. The van der Waals surface area contributed by atoms with Crippen molar-refractivity contribution in [2.45, 2.75) is 33.1 Å². The third-order valence-corrected chi connectivity index (χ3v) is 7.86. The summed E-state index contributed by atoms with van der Waals surface area (Å²) in [4.78, 5) is 22.4. The largest absolute Gasteiger partial charge is 0.481 e. The van der Waals surface area contributed by atoms with Crippen molar-refractivity contribution in [1.82, 2.24) is 19.7 Å². The highest BCUT2D eigenvalue weighted by Crippen LogP contribution is 2.41. The van der Waals surface area contributed by atoms with Crippen molar-refractivity contribution >= 4 is 33.9 Å². The van der Waals surface area contributed by atoms with Gasteiger partial charge in [-0.3, -0.25) is 4.79 Å². The van der Waals surface area contributed by atoms with Crippen molar-refractivity contribution in [1.29, 1.82) is 0 Å². The lowest BCUT2D eigenvalue weighted by Gasteiger charge is -2.17. The maximum atomic E-state index is 12.9. The van der Waals surface area contributed by atoms with E-state index in [0.29, 0.717) is 22.1 Å². The number of hydrogen-bond donors (Lipinski definition) is 1. The number of fused-ring (bicyclic) bond motifs is 2. The van der Waals surface area contributed by atoms with Gasteiger partial charge in [0.2, 0.25) is 5.88 Å². The molecule has 0 radical (unpaired) electrons. The van der Waals surface area contributed by atoms with Gasteiger partial charge in [0.05, 0.1) is 29.4 Å². The average Bonchev–Trinajstić information content (AvgIpc) is 3.40. The number of aromatic nitrogens is 4. The number of hydrogen-bond acceptors (Lipinski definition) is 6. The summed E-state index contributed by atoms with van der Waals surface area (Å²) in [6.45, 7) is 3.94. The first-order chi connectivity index (χ1) is 18.9. The van der Waals surface area contributed by atoms with E-state index in [1.165, 1.54) is 15.8 Å². The van der Waals surface area contributed by atoms with Crippen molar-refractivity contribution in [2.24, 2.45) is 7.05 Å². The Kier molecular flexibility index (Phi) is 6.31.